The number of hydrogen-bond donors (Lipinski definition) is 2. The lowest BCUT2D eigenvalue weighted by Gasteiger charge is -2.44. The van der Waals surface area contributed by atoms with Gasteiger partial charge in [-0.2, -0.15) is 13.2 Å². The molecule has 0 aromatic carbocycles. The standard InChI is InChI=1S/C20H22F3N3O4/c1-11(12-7-9-24-10-8-12)14-15(18(28)29)26(17(14)27)19(30)25-16(20(21,22)23)13-5-3-2-4-6-13/h7-10,13-16H,1-6H2,(H,25,30)(H,28,29)/t14-,15+,16?/m1/s1. The molecule has 0 bridgehead atoms. The number of alkyl halides is 3. The Labute approximate surface area is 171 Å². The number of aromatic nitrogens is 1. The van der Waals surface area contributed by atoms with Gasteiger partial charge in [-0.05, 0) is 42.0 Å². The van der Waals surface area contributed by atoms with Crippen LogP contribution >= 0.6 is 0 Å². The maximum absolute atomic E-state index is 13.6. The summed E-state index contributed by atoms with van der Waals surface area (Å²) < 4.78 is 40.7. The quantitative estimate of drug-likeness (QED) is 0.706. The third kappa shape index (κ3) is 4.17. The molecule has 1 aromatic heterocycles. The molecule has 162 valence electrons. The Morgan fingerprint density at radius 1 is 1.20 bits per heavy atom. The first-order valence-corrected chi connectivity index (χ1v) is 9.65. The highest BCUT2D eigenvalue weighted by Gasteiger charge is 2.57. The van der Waals surface area contributed by atoms with Crippen LogP contribution in [0.4, 0.5) is 18.0 Å². The van der Waals surface area contributed by atoms with Gasteiger partial charge in [0.15, 0.2) is 6.04 Å². The molecule has 30 heavy (non-hydrogen) atoms. The smallest absolute Gasteiger partial charge is 0.408 e. The number of halogens is 3. The Morgan fingerprint density at radius 2 is 1.80 bits per heavy atom. The van der Waals surface area contributed by atoms with Gasteiger partial charge in [-0.1, -0.05) is 25.8 Å². The Hall–Kier alpha value is -2.91. The molecule has 2 N–H and O–H groups in total. The van der Waals surface area contributed by atoms with Crippen LogP contribution in [0.1, 0.15) is 37.7 Å². The average molecular weight is 425 g/mol. The second-order valence-corrected chi connectivity index (χ2v) is 7.60. The number of carboxylic acids is 1. The van der Waals surface area contributed by atoms with Crippen molar-refractivity contribution in [3.8, 4) is 0 Å². The minimum atomic E-state index is -4.70. The lowest BCUT2D eigenvalue weighted by atomic mass is 9.79. The van der Waals surface area contributed by atoms with E-state index < -0.39 is 48.0 Å². The van der Waals surface area contributed by atoms with Gasteiger partial charge in [0, 0.05) is 12.4 Å². The van der Waals surface area contributed by atoms with E-state index in [1.54, 1.807) is 0 Å². The number of rotatable bonds is 5. The highest BCUT2D eigenvalue weighted by molar-refractivity contribution is 6.12. The van der Waals surface area contributed by atoms with Crippen LogP contribution in [0.3, 0.4) is 0 Å². The molecule has 3 atom stereocenters. The van der Waals surface area contributed by atoms with Crippen LogP contribution in [-0.4, -0.2) is 51.2 Å². The maximum Gasteiger partial charge on any atom is 0.408 e. The fraction of sp³-hybridized carbons (Fsp3) is 0.500. The molecule has 0 radical (unpaired) electrons. The molecule has 1 saturated carbocycles. The SMILES string of the molecule is C=C(c1ccncc1)[C@H]1C(=O)N(C(=O)NC(C2CCCCC2)C(F)(F)F)[C@@H]1C(=O)O. The highest BCUT2D eigenvalue weighted by atomic mass is 19.4. The van der Waals surface area contributed by atoms with Gasteiger partial charge < -0.3 is 10.4 Å². The van der Waals surface area contributed by atoms with E-state index in [2.05, 4.69) is 11.6 Å². The summed E-state index contributed by atoms with van der Waals surface area (Å²) in [7, 11) is 0. The van der Waals surface area contributed by atoms with E-state index in [0.717, 1.165) is 6.42 Å². The van der Waals surface area contributed by atoms with Crippen molar-refractivity contribution in [1.82, 2.24) is 15.2 Å². The van der Waals surface area contributed by atoms with Crippen molar-refractivity contribution in [2.75, 3.05) is 0 Å². The van der Waals surface area contributed by atoms with E-state index in [0.29, 0.717) is 36.1 Å². The molecule has 10 heteroatoms. The van der Waals surface area contributed by atoms with E-state index >= 15 is 0 Å². The molecule has 1 aliphatic heterocycles. The van der Waals surface area contributed by atoms with Crippen molar-refractivity contribution < 1.29 is 32.7 Å². The van der Waals surface area contributed by atoms with Crippen LogP contribution in [0.15, 0.2) is 31.1 Å². The van der Waals surface area contributed by atoms with Crippen molar-refractivity contribution in [2.45, 2.75) is 50.4 Å². The fourth-order valence-corrected chi connectivity index (χ4v) is 4.19. The fourth-order valence-electron chi connectivity index (χ4n) is 4.19. The lowest BCUT2D eigenvalue weighted by molar-refractivity contribution is -0.171. The van der Waals surface area contributed by atoms with Gasteiger partial charge in [0.2, 0.25) is 5.91 Å². The van der Waals surface area contributed by atoms with Crippen LogP contribution in [0.2, 0.25) is 0 Å². The van der Waals surface area contributed by atoms with Gasteiger partial charge in [-0.15, -0.1) is 0 Å². The minimum Gasteiger partial charge on any atom is -0.480 e. The van der Waals surface area contributed by atoms with E-state index in [4.69, 9.17) is 0 Å². The molecule has 1 unspecified atom stereocenters. The number of pyridine rings is 1. The maximum atomic E-state index is 13.6. The van der Waals surface area contributed by atoms with Gasteiger partial charge in [-0.25, -0.2) is 14.5 Å². The molecule has 2 heterocycles. The second kappa shape index (κ2) is 8.45. The summed E-state index contributed by atoms with van der Waals surface area (Å²) in [6, 6.07) is -2.05. The monoisotopic (exact) mass is 425 g/mol. The third-order valence-electron chi connectivity index (χ3n) is 5.75. The Morgan fingerprint density at radius 3 is 2.33 bits per heavy atom. The number of aliphatic carboxylic acids is 1. The average Bonchev–Trinajstić information content (AvgIpc) is 2.70. The molecule has 1 aromatic rings. The Kier molecular flexibility index (Phi) is 6.14. The number of carbonyl (C=O) groups is 3. The number of β-lactam (4-membered cyclic amide) rings is 1. The normalized spacial score (nSPS) is 23.4. The predicted molar refractivity (Wildman–Crippen MR) is 100.0 cm³/mol. The zero-order valence-electron chi connectivity index (χ0n) is 16.1. The lowest BCUT2D eigenvalue weighted by Crippen LogP contribution is -2.69. The van der Waals surface area contributed by atoms with Crippen LogP contribution in [-0.2, 0) is 9.59 Å². The zero-order valence-corrected chi connectivity index (χ0v) is 16.1. The van der Waals surface area contributed by atoms with Crippen molar-refractivity contribution in [3.05, 3.63) is 36.7 Å². The van der Waals surface area contributed by atoms with Crippen LogP contribution in [0, 0.1) is 11.8 Å². The molecular formula is C20H22F3N3O4. The number of amides is 3. The summed E-state index contributed by atoms with van der Waals surface area (Å²) in [4.78, 5) is 41.0. The highest BCUT2D eigenvalue weighted by Crippen LogP contribution is 2.39. The first-order chi connectivity index (χ1) is 14.1. The summed E-state index contributed by atoms with van der Waals surface area (Å²) >= 11 is 0. The number of imide groups is 1. The second-order valence-electron chi connectivity index (χ2n) is 7.60. The van der Waals surface area contributed by atoms with E-state index in [-0.39, 0.29) is 5.57 Å². The Bertz CT molecular complexity index is 837. The van der Waals surface area contributed by atoms with Crippen molar-refractivity contribution in [1.29, 1.82) is 0 Å². The third-order valence-corrected chi connectivity index (χ3v) is 5.75. The number of hydrogen-bond acceptors (Lipinski definition) is 4. The van der Waals surface area contributed by atoms with Gasteiger partial charge >= 0.3 is 18.2 Å². The van der Waals surface area contributed by atoms with Crippen molar-refractivity contribution in [2.24, 2.45) is 11.8 Å². The number of urea groups is 1. The number of likely N-dealkylation sites (tertiary alicyclic amines) is 1. The largest absolute Gasteiger partial charge is 0.480 e. The van der Waals surface area contributed by atoms with Crippen molar-refractivity contribution >= 4 is 23.5 Å². The van der Waals surface area contributed by atoms with Gasteiger partial charge in [0.05, 0.1) is 5.92 Å². The van der Waals surface area contributed by atoms with E-state index in [1.165, 1.54) is 24.5 Å². The number of nitrogens with one attached hydrogen (secondary N) is 1. The van der Waals surface area contributed by atoms with Gasteiger partial charge in [0.25, 0.3) is 0 Å². The summed E-state index contributed by atoms with van der Waals surface area (Å²) in [6.07, 6.45) is 0.862. The minimum absolute atomic E-state index is 0.165. The molecule has 2 fully saturated rings. The molecule has 3 amide bonds. The summed E-state index contributed by atoms with van der Waals surface area (Å²) in [5, 5.41) is 11.4. The van der Waals surface area contributed by atoms with Gasteiger partial charge in [-0.3, -0.25) is 9.78 Å². The molecule has 0 spiro atoms. The Balaban J connectivity index is 1.78. The number of nitrogens with zero attached hydrogens (tertiary/aromatic N) is 2. The topological polar surface area (TPSA) is 99.6 Å². The van der Waals surface area contributed by atoms with Crippen LogP contribution < -0.4 is 5.32 Å². The molecule has 2 aliphatic rings. The number of carbonyl (C=O) groups excluding carboxylic acids is 2. The van der Waals surface area contributed by atoms with E-state index in [9.17, 15) is 32.7 Å². The zero-order chi connectivity index (χ0) is 22.1. The summed E-state index contributed by atoms with van der Waals surface area (Å²) in [6.45, 7) is 3.75. The van der Waals surface area contributed by atoms with E-state index in [1.807, 2.05) is 5.32 Å². The molecular weight excluding hydrogens is 403 g/mol. The summed E-state index contributed by atoms with van der Waals surface area (Å²) in [5.74, 6) is -4.43. The van der Waals surface area contributed by atoms with Crippen molar-refractivity contribution in [3.63, 3.8) is 0 Å². The molecule has 7 nitrogen and oxygen atoms in total. The van der Waals surface area contributed by atoms with Crippen LogP contribution in [0.5, 0.6) is 0 Å². The number of carboxylic acid groups (broad SMARTS) is 1. The van der Waals surface area contributed by atoms with Gasteiger partial charge in [0.1, 0.15) is 6.04 Å². The summed E-state index contributed by atoms with van der Waals surface area (Å²) in [5.41, 5.74) is 0.628. The first-order valence-electron chi connectivity index (χ1n) is 9.65. The molecule has 1 saturated heterocycles. The van der Waals surface area contributed by atoms with Crippen LogP contribution in [0.25, 0.3) is 5.57 Å². The molecule has 3 rings (SSSR count). The molecule has 1 aliphatic carbocycles. The predicted octanol–water partition coefficient (Wildman–Crippen LogP) is 3.23. The first kappa shape index (κ1) is 21.8.